The zero-order chi connectivity index (χ0) is 20.1. The molecular formula is C22H32N4O2. The lowest BCUT2D eigenvalue weighted by molar-refractivity contribution is 0.0124. The van der Waals surface area contributed by atoms with Gasteiger partial charge >= 0.3 is 0 Å². The van der Waals surface area contributed by atoms with Crippen molar-refractivity contribution in [2.45, 2.75) is 40.2 Å². The first kappa shape index (κ1) is 20.6. The number of ether oxygens (including phenoxy) is 1. The van der Waals surface area contributed by atoms with E-state index < -0.39 is 0 Å². The Bertz CT molecular complexity index is 779. The SMILES string of the molecule is Cc1nn(-c2ccccc2)c(C)c1C(=O)NCC(CC(C)C)N1CCOCC1. The fraction of sp³-hybridized carbons (Fsp3) is 0.545. The second-order valence-corrected chi connectivity index (χ2v) is 7.93. The smallest absolute Gasteiger partial charge is 0.255 e. The van der Waals surface area contributed by atoms with E-state index in [2.05, 4.69) is 29.2 Å². The van der Waals surface area contributed by atoms with Gasteiger partial charge in [0.25, 0.3) is 5.91 Å². The largest absolute Gasteiger partial charge is 0.379 e. The van der Waals surface area contributed by atoms with Crippen LogP contribution in [0.15, 0.2) is 30.3 Å². The second kappa shape index (κ2) is 9.34. The van der Waals surface area contributed by atoms with E-state index in [-0.39, 0.29) is 5.91 Å². The van der Waals surface area contributed by atoms with Crippen LogP contribution in [0.1, 0.15) is 42.0 Å². The number of para-hydroxylation sites is 1. The van der Waals surface area contributed by atoms with Crippen LogP contribution in [0.25, 0.3) is 5.69 Å². The molecule has 0 radical (unpaired) electrons. The van der Waals surface area contributed by atoms with Crippen LogP contribution in [0, 0.1) is 19.8 Å². The van der Waals surface area contributed by atoms with Gasteiger partial charge < -0.3 is 10.1 Å². The van der Waals surface area contributed by atoms with Gasteiger partial charge in [-0.3, -0.25) is 9.69 Å². The molecule has 1 atom stereocenters. The van der Waals surface area contributed by atoms with Crippen molar-refractivity contribution in [3.63, 3.8) is 0 Å². The molecule has 1 N–H and O–H groups in total. The lowest BCUT2D eigenvalue weighted by Gasteiger charge is -2.35. The molecule has 1 aliphatic heterocycles. The number of hydrogen-bond acceptors (Lipinski definition) is 4. The second-order valence-electron chi connectivity index (χ2n) is 7.93. The summed E-state index contributed by atoms with van der Waals surface area (Å²) in [7, 11) is 0. The number of hydrogen-bond donors (Lipinski definition) is 1. The average Bonchev–Trinajstić information content (AvgIpc) is 3.00. The summed E-state index contributed by atoms with van der Waals surface area (Å²) < 4.78 is 7.33. The first-order chi connectivity index (χ1) is 13.5. The molecule has 2 aromatic rings. The van der Waals surface area contributed by atoms with Crippen molar-refractivity contribution in [1.29, 1.82) is 0 Å². The van der Waals surface area contributed by atoms with Crippen molar-refractivity contribution in [2.24, 2.45) is 5.92 Å². The fourth-order valence-electron chi connectivity index (χ4n) is 3.94. The topological polar surface area (TPSA) is 59.4 Å². The van der Waals surface area contributed by atoms with E-state index in [1.165, 1.54) is 0 Å². The van der Waals surface area contributed by atoms with Crippen LogP contribution in [0.3, 0.4) is 0 Å². The first-order valence-corrected chi connectivity index (χ1v) is 10.2. The molecule has 1 aliphatic rings. The van der Waals surface area contributed by atoms with Crippen molar-refractivity contribution in [2.75, 3.05) is 32.8 Å². The molecule has 0 bridgehead atoms. The summed E-state index contributed by atoms with van der Waals surface area (Å²) in [5, 5.41) is 7.77. The Kier molecular flexibility index (Phi) is 6.86. The Morgan fingerprint density at radius 2 is 1.86 bits per heavy atom. The number of benzene rings is 1. The maximum absolute atomic E-state index is 13.0. The highest BCUT2D eigenvalue weighted by Crippen LogP contribution is 2.18. The lowest BCUT2D eigenvalue weighted by atomic mass is 10.0. The predicted octanol–water partition coefficient (Wildman–Crippen LogP) is 2.97. The monoisotopic (exact) mass is 384 g/mol. The van der Waals surface area contributed by atoms with Crippen LogP contribution in [-0.2, 0) is 4.74 Å². The summed E-state index contributed by atoms with van der Waals surface area (Å²) in [4.78, 5) is 15.4. The predicted molar refractivity (Wildman–Crippen MR) is 111 cm³/mol. The van der Waals surface area contributed by atoms with Gasteiger partial charge in [-0.05, 0) is 38.3 Å². The van der Waals surface area contributed by atoms with Crippen LogP contribution >= 0.6 is 0 Å². The van der Waals surface area contributed by atoms with E-state index in [1.54, 1.807) is 0 Å². The molecule has 6 nitrogen and oxygen atoms in total. The summed E-state index contributed by atoms with van der Waals surface area (Å²) in [6.07, 6.45) is 1.06. The summed E-state index contributed by atoms with van der Waals surface area (Å²) in [5.41, 5.74) is 3.26. The third kappa shape index (κ3) is 4.80. The van der Waals surface area contributed by atoms with Crippen LogP contribution in [-0.4, -0.2) is 59.5 Å². The highest BCUT2D eigenvalue weighted by atomic mass is 16.5. The minimum atomic E-state index is -0.0424. The van der Waals surface area contributed by atoms with Gasteiger partial charge in [0.1, 0.15) is 0 Å². The summed E-state index contributed by atoms with van der Waals surface area (Å²) in [6, 6.07) is 10.3. The van der Waals surface area contributed by atoms with Gasteiger partial charge in [-0.15, -0.1) is 0 Å². The van der Waals surface area contributed by atoms with E-state index in [0.29, 0.717) is 24.1 Å². The molecule has 152 valence electrons. The number of nitrogens with one attached hydrogen (secondary N) is 1. The Morgan fingerprint density at radius 1 is 1.18 bits per heavy atom. The van der Waals surface area contributed by atoms with Gasteiger partial charge in [0, 0.05) is 25.7 Å². The van der Waals surface area contributed by atoms with Crippen LogP contribution in [0.5, 0.6) is 0 Å². The van der Waals surface area contributed by atoms with Gasteiger partial charge in [-0.25, -0.2) is 4.68 Å². The third-order valence-electron chi connectivity index (χ3n) is 5.32. The van der Waals surface area contributed by atoms with Crippen LogP contribution < -0.4 is 5.32 Å². The van der Waals surface area contributed by atoms with Crippen molar-refractivity contribution in [1.82, 2.24) is 20.0 Å². The molecule has 0 spiro atoms. The number of aromatic nitrogens is 2. The number of rotatable bonds is 7. The Labute approximate surface area is 167 Å². The number of carbonyl (C=O) groups is 1. The van der Waals surface area contributed by atoms with Gasteiger partial charge in [-0.1, -0.05) is 32.0 Å². The fourth-order valence-corrected chi connectivity index (χ4v) is 3.94. The summed E-state index contributed by atoms with van der Waals surface area (Å²) in [5.74, 6) is 0.535. The first-order valence-electron chi connectivity index (χ1n) is 10.2. The molecular weight excluding hydrogens is 352 g/mol. The molecule has 6 heteroatoms. The zero-order valence-electron chi connectivity index (χ0n) is 17.4. The molecule has 2 heterocycles. The van der Waals surface area contributed by atoms with E-state index in [1.807, 2.05) is 48.9 Å². The zero-order valence-corrected chi connectivity index (χ0v) is 17.4. The number of morpholine rings is 1. The Balaban J connectivity index is 1.72. The highest BCUT2D eigenvalue weighted by Gasteiger charge is 2.24. The minimum absolute atomic E-state index is 0.0424. The lowest BCUT2D eigenvalue weighted by Crippen LogP contribution is -2.49. The molecule has 1 aromatic carbocycles. The normalized spacial score (nSPS) is 16.3. The number of amides is 1. The van der Waals surface area contributed by atoms with Crippen molar-refractivity contribution in [3.8, 4) is 5.69 Å². The standard InChI is InChI=1S/C22H32N4O2/c1-16(2)14-20(25-10-12-28-13-11-25)15-23-22(27)21-17(3)24-26(18(21)4)19-8-6-5-7-9-19/h5-9,16,20H,10-15H2,1-4H3,(H,23,27). The van der Waals surface area contributed by atoms with Gasteiger partial charge in [0.05, 0.1) is 35.9 Å². The van der Waals surface area contributed by atoms with Crippen molar-refractivity contribution >= 4 is 5.91 Å². The van der Waals surface area contributed by atoms with E-state index in [9.17, 15) is 4.79 Å². The molecule has 1 fully saturated rings. The maximum Gasteiger partial charge on any atom is 0.255 e. The number of aryl methyl sites for hydroxylation is 1. The number of carbonyl (C=O) groups excluding carboxylic acids is 1. The van der Waals surface area contributed by atoms with Crippen LogP contribution in [0.4, 0.5) is 0 Å². The Hall–Kier alpha value is -2.18. The number of nitrogens with zero attached hydrogens (tertiary/aromatic N) is 3. The van der Waals surface area contributed by atoms with E-state index in [0.717, 1.165) is 49.8 Å². The average molecular weight is 385 g/mol. The van der Waals surface area contributed by atoms with Crippen molar-refractivity contribution < 1.29 is 9.53 Å². The van der Waals surface area contributed by atoms with Gasteiger partial charge in [-0.2, -0.15) is 5.10 Å². The molecule has 1 unspecified atom stereocenters. The molecule has 0 aliphatic carbocycles. The summed E-state index contributed by atoms with van der Waals surface area (Å²) in [6.45, 7) is 12.3. The van der Waals surface area contributed by atoms with Gasteiger partial charge in [0.2, 0.25) is 0 Å². The molecule has 1 amide bonds. The molecule has 1 aromatic heterocycles. The summed E-state index contributed by atoms with van der Waals surface area (Å²) >= 11 is 0. The molecule has 3 rings (SSSR count). The maximum atomic E-state index is 13.0. The Morgan fingerprint density at radius 3 is 2.50 bits per heavy atom. The molecule has 28 heavy (non-hydrogen) atoms. The van der Waals surface area contributed by atoms with Crippen LogP contribution in [0.2, 0.25) is 0 Å². The van der Waals surface area contributed by atoms with Gasteiger partial charge in [0.15, 0.2) is 0 Å². The highest BCUT2D eigenvalue weighted by molar-refractivity contribution is 5.96. The third-order valence-corrected chi connectivity index (χ3v) is 5.32. The molecule has 1 saturated heterocycles. The van der Waals surface area contributed by atoms with Crippen molar-refractivity contribution in [3.05, 3.63) is 47.3 Å². The minimum Gasteiger partial charge on any atom is -0.379 e. The molecule has 0 saturated carbocycles. The quantitative estimate of drug-likeness (QED) is 0.797. The van der Waals surface area contributed by atoms with E-state index >= 15 is 0 Å². The van der Waals surface area contributed by atoms with E-state index in [4.69, 9.17) is 4.74 Å².